The molecule has 0 atom stereocenters. The highest BCUT2D eigenvalue weighted by atomic mass is 35.5. The van der Waals surface area contributed by atoms with Gasteiger partial charge in [-0.15, -0.1) is 12.4 Å². The summed E-state index contributed by atoms with van der Waals surface area (Å²) in [6, 6.07) is 18.4. The minimum atomic E-state index is -4.62. The lowest BCUT2D eigenvalue weighted by molar-refractivity contribution is -0.140. The third kappa shape index (κ3) is 9.92. The Morgan fingerprint density at radius 3 is 1.96 bits per heavy atom. The van der Waals surface area contributed by atoms with E-state index < -0.39 is 35.4 Å². The second-order valence-corrected chi connectivity index (χ2v) is 10.9. The number of carbonyl (C=O) groups excluding carboxylic acids is 2. The summed E-state index contributed by atoms with van der Waals surface area (Å²) in [6.45, 7) is 1.62. The Labute approximate surface area is 291 Å². The summed E-state index contributed by atoms with van der Waals surface area (Å²) < 4.78 is 64.5. The van der Waals surface area contributed by atoms with Gasteiger partial charge in [0.25, 0.3) is 5.91 Å². The van der Waals surface area contributed by atoms with Crippen LogP contribution in [-0.2, 0) is 11.3 Å². The van der Waals surface area contributed by atoms with Crippen molar-refractivity contribution >= 4 is 35.6 Å². The lowest BCUT2D eigenvalue weighted by Gasteiger charge is -2.14. The van der Waals surface area contributed by atoms with Crippen LogP contribution in [0, 0.1) is 5.82 Å². The number of nitrogen functional groups attached to an aromatic ring is 1. The van der Waals surface area contributed by atoms with Gasteiger partial charge in [0, 0.05) is 41.0 Å². The molecule has 2 heterocycles. The number of ether oxygens (including phenoxy) is 2. The van der Waals surface area contributed by atoms with Gasteiger partial charge in [0.1, 0.15) is 29.5 Å². The van der Waals surface area contributed by atoms with E-state index in [9.17, 15) is 31.9 Å². The fourth-order valence-corrected chi connectivity index (χ4v) is 4.74. The number of rotatable bonds is 8. The van der Waals surface area contributed by atoms with Gasteiger partial charge < -0.3 is 29.9 Å². The molecule has 3 aromatic carbocycles. The molecule has 0 saturated carbocycles. The van der Waals surface area contributed by atoms with Crippen molar-refractivity contribution in [1.82, 2.24) is 9.55 Å². The largest absolute Gasteiger partial charge is 0.493 e. The molecule has 50 heavy (non-hydrogen) atoms. The van der Waals surface area contributed by atoms with Crippen LogP contribution in [-0.4, -0.2) is 41.6 Å². The topological polar surface area (TPSA) is 126 Å². The van der Waals surface area contributed by atoms with E-state index in [1.54, 1.807) is 43.6 Å². The SMILES string of the molecule is CC(C)=O.COc1ccc(-c2cnc(N)c(-c3ccc(NC(=O)c4cn(CC(F)(F)F)cc(-c5ccc(F)cc5)c4=O)cc3)c2)cc1OC.Cl. The number of methoxy groups -OCH3 is 2. The van der Waals surface area contributed by atoms with Crippen molar-refractivity contribution < 1.29 is 36.6 Å². The van der Waals surface area contributed by atoms with Crippen LogP contribution in [0.4, 0.5) is 29.1 Å². The molecule has 1 amide bonds. The van der Waals surface area contributed by atoms with Gasteiger partial charge in [0.2, 0.25) is 5.43 Å². The zero-order chi connectivity index (χ0) is 35.9. The number of alkyl halides is 3. The number of amides is 1. The standard InChI is InChI=1S/C33H26F4N4O4.C3H6O.ClH/c1-44-28-12-7-21(14-29(28)45-2)22-13-25(31(38)39-15-22)19-5-10-24(11-6-19)40-32(43)27-17-41(18-33(35,36)37)16-26(30(27)42)20-3-8-23(34)9-4-20;1-3(2)4;/h3-17H,18H2,1-2H3,(H2,38,39)(H,40,43);1-2H3;1H. The van der Waals surface area contributed by atoms with E-state index in [1.165, 1.54) is 33.1 Å². The van der Waals surface area contributed by atoms with Crippen molar-refractivity contribution in [3.8, 4) is 44.9 Å². The van der Waals surface area contributed by atoms with Gasteiger partial charge in [0.05, 0.1) is 14.2 Å². The van der Waals surface area contributed by atoms with Gasteiger partial charge in [-0.2, -0.15) is 13.2 Å². The summed E-state index contributed by atoms with van der Waals surface area (Å²) >= 11 is 0. The zero-order valence-electron chi connectivity index (χ0n) is 27.3. The van der Waals surface area contributed by atoms with E-state index in [2.05, 4.69) is 10.3 Å². The van der Waals surface area contributed by atoms with E-state index in [4.69, 9.17) is 15.2 Å². The number of ketones is 1. The summed E-state index contributed by atoms with van der Waals surface area (Å²) in [4.78, 5) is 40.2. The van der Waals surface area contributed by atoms with Gasteiger partial charge in [-0.05, 0) is 73.0 Å². The van der Waals surface area contributed by atoms with Crippen molar-refractivity contribution in [3.05, 3.63) is 113 Å². The molecule has 262 valence electrons. The monoisotopic (exact) mass is 712 g/mol. The molecule has 2 aromatic heterocycles. The molecule has 0 unspecified atom stereocenters. The van der Waals surface area contributed by atoms with Crippen LogP contribution in [0.25, 0.3) is 33.4 Å². The number of Topliss-reactive ketones (excluding diaryl/α,β-unsaturated/α-hetero) is 1. The molecule has 0 aliphatic rings. The van der Waals surface area contributed by atoms with E-state index in [0.717, 1.165) is 35.7 Å². The first-order valence-electron chi connectivity index (χ1n) is 14.6. The molecule has 3 N–H and O–H groups in total. The van der Waals surface area contributed by atoms with Crippen molar-refractivity contribution in [3.63, 3.8) is 0 Å². The Kier molecular flexibility index (Phi) is 12.9. The normalized spacial score (nSPS) is 10.6. The number of nitrogens with one attached hydrogen (secondary N) is 1. The smallest absolute Gasteiger partial charge is 0.406 e. The van der Waals surface area contributed by atoms with Gasteiger partial charge in [0.15, 0.2) is 11.5 Å². The van der Waals surface area contributed by atoms with Crippen LogP contribution >= 0.6 is 12.4 Å². The predicted molar refractivity (Wildman–Crippen MR) is 186 cm³/mol. The van der Waals surface area contributed by atoms with Crippen LogP contribution in [0.1, 0.15) is 24.2 Å². The van der Waals surface area contributed by atoms with E-state index in [0.29, 0.717) is 27.2 Å². The molecule has 9 nitrogen and oxygen atoms in total. The molecule has 5 aromatic rings. The first kappa shape index (κ1) is 38.8. The molecule has 0 aliphatic carbocycles. The maximum absolute atomic E-state index is 13.4. The number of carbonyl (C=O) groups is 2. The molecular weight excluding hydrogens is 680 g/mol. The highest BCUT2D eigenvalue weighted by Gasteiger charge is 2.29. The Hall–Kier alpha value is -5.69. The fourth-order valence-electron chi connectivity index (χ4n) is 4.74. The Bertz CT molecular complexity index is 2030. The van der Waals surface area contributed by atoms with Gasteiger partial charge in [-0.25, -0.2) is 9.37 Å². The van der Waals surface area contributed by atoms with Crippen LogP contribution < -0.4 is 26.0 Å². The first-order valence-corrected chi connectivity index (χ1v) is 14.6. The fraction of sp³-hybridized carbons (Fsp3) is 0.167. The van der Waals surface area contributed by atoms with Crippen LogP contribution in [0.2, 0.25) is 0 Å². The first-order chi connectivity index (χ1) is 23.2. The molecule has 0 spiro atoms. The Morgan fingerprint density at radius 1 is 0.820 bits per heavy atom. The quantitative estimate of drug-likeness (QED) is 0.157. The lowest BCUT2D eigenvalue weighted by atomic mass is 10.0. The van der Waals surface area contributed by atoms with Crippen LogP contribution in [0.5, 0.6) is 11.5 Å². The maximum atomic E-state index is 13.4. The van der Waals surface area contributed by atoms with Gasteiger partial charge in [-0.1, -0.05) is 30.3 Å². The summed E-state index contributed by atoms with van der Waals surface area (Å²) in [5, 5.41) is 2.56. The Morgan fingerprint density at radius 2 is 1.38 bits per heavy atom. The summed E-state index contributed by atoms with van der Waals surface area (Å²) in [7, 11) is 3.08. The summed E-state index contributed by atoms with van der Waals surface area (Å²) in [6.07, 6.45) is -1.16. The molecular formula is C36H33ClF4N4O5. The minimum Gasteiger partial charge on any atom is -0.493 e. The third-order valence-corrected chi connectivity index (χ3v) is 6.93. The second-order valence-electron chi connectivity index (χ2n) is 10.9. The average molecular weight is 713 g/mol. The van der Waals surface area contributed by atoms with Gasteiger partial charge >= 0.3 is 6.18 Å². The van der Waals surface area contributed by atoms with E-state index >= 15 is 0 Å². The number of nitrogens with zero attached hydrogens (tertiary/aromatic N) is 2. The molecule has 0 radical (unpaired) electrons. The van der Waals surface area contributed by atoms with Crippen LogP contribution in [0.3, 0.4) is 0 Å². The highest BCUT2D eigenvalue weighted by Crippen LogP contribution is 2.35. The maximum Gasteiger partial charge on any atom is 0.406 e. The number of benzene rings is 3. The number of pyridine rings is 2. The number of hydrogen-bond acceptors (Lipinski definition) is 7. The Balaban J connectivity index is 0.00000128. The lowest BCUT2D eigenvalue weighted by Crippen LogP contribution is -2.27. The number of halogens is 5. The molecule has 0 fully saturated rings. The number of hydrogen-bond donors (Lipinski definition) is 2. The van der Waals surface area contributed by atoms with Crippen molar-refractivity contribution in [2.24, 2.45) is 0 Å². The van der Waals surface area contributed by atoms with Crippen molar-refractivity contribution in [2.45, 2.75) is 26.6 Å². The van der Waals surface area contributed by atoms with Crippen molar-refractivity contribution in [2.75, 3.05) is 25.3 Å². The van der Waals surface area contributed by atoms with Crippen molar-refractivity contribution in [1.29, 1.82) is 0 Å². The average Bonchev–Trinajstić information content (AvgIpc) is 3.05. The zero-order valence-corrected chi connectivity index (χ0v) is 28.1. The van der Waals surface area contributed by atoms with E-state index in [1.807, 2.05) is 18.2 Å². The molecule has 14 heteroatoms. The molecule has 0 saturated heterocycles. The van der Waals surface area contributed by atoms with Crippen LogP contribution in [0.15, 0.2) is 96.2 Å². The third-order valence-electron chi connectivity index (χ3n) is 6.93. The molecule has 0 bridgehead atoms. The highest BCUT2D eigenvalue weighted by molar-refractivity contribution is 6.04. The second kappa shape index (κ2) is 16.6. The summed E-state index contributed by atoms with van der Waals surface area (Å²) in [5.41, 5.74) is 7.97. The number of nitrogens with two attached hydrogens (primary N) is 1. The number of aromatic nitrogens is 2. The summed E-state index contributed by atoms with van der Waals surface area (Å²) in [5.74, 6) is 0.0471. The molecule has 0 aliphatic heterocycles. The van der Waals surface area contributed by atoms with E-state index in [-0.39, 0.29) is 40.8 Å². The molecule has 5 rings (SSSR count). The van der Waals surface area contributed by atoms with Gasteiger partial charge in [-0.3, -0.25) is 9.59 Å². The number of anilines is 2. The predicted octanol–water partition coefficient (Wildman–Crippen LogP) is 7.81. The minimum absolute atomic E-state index is 0.